The first kappa shape index (κ1) is 20.5. The Morgan fingerprint density at radius 2 is 2.00 bits per heavy atom. The predicted molar refractivity (Wildman–Crippen MR) is 104 cm³/mol. The second-order valence-electron chi connectivity index (χ2n) is 6.01. The summed E-state index contributed by atoms with van der Waals surface area (Å²) in [5.74, 6) is 0.345. The molecule has 8 heteroatoms. The molecule has 0 fully saturated rings. The van der Waals surface area contributed by atoms with Crippen molar-refractivity contribution in [1.29, 1.82) is 5.26 Å². The summed E-state index contributed by atoms with van der Waals surface area (Å²) in [6.07, 6.45) is 1.36. The molecule has 0 radical (unpaired) electrons. The predicted octanol–water partition coefficient (Wildman–Crippen LogP) is 3.94. The molecule has 1 N–H and O–H groups in total. The van der Waals surface area contributed by atoms with Crippen molar-refractivity contribution in [3.8, 4) is 17.6 Å². The van der Waals surface area contributed by atoms with Gasteiger partial charge in [0, 0.05) is 17.8 Å². The molecule has 0 unspecified atom stereocenters. The molecule has 0 atom stereocenters. The molecule has 1 amide bonds. The zero-order valence-corrected chi connectivity index (χ0v) is 15.6. The van der Waals surface area contributed by atoms with Crippen molar-refractivity contribution >= 4 is 23.4 Å². The van der Waals surface area contributed by atoms with Gasteiger partial charge in [0.15, 0.2) is 11.5 Å². The second-order valence-corrected chi connectivity index (χ2v) is 6.01. The third-order valence-electron chi connectivity index (χ3n) is 3.54. The third kappa shape index (κ3) is 5.32. The molecule has 28 heavy (non-hydrogen) atoms. The van der Waals surface area contributed by atoms with Crippen LogP contribution in [0.5, 0.6) is 11.5 Å². The van der Waals surface area contributed by atoms with Crippen LogP contribution in [0.15, 0.2) is 48.0 Å². The van der Waals surface area contributed by atoms with Crippen LogP contribution < -0.4 is 14.8 Å². The standard InChI is InChI=1S/C20H19N3O5/c1-13(2)28-18-8-7-14(10-19(18)27-3)9-15(12-21)20(24)22-16-5-4-6-17(11-16)23(25)26/h4-11,13H,1-3H3,(H,22,24)/b15-9+. The first-order valence-electron chi connectivity index (χ1n) is 8.36. The number of nitriles is 1. The Morgan fingerprint density at radius 1 is 1.25 bits per heavy atom. The van der Waals surface area contributed by atoms with Gasteiger partial charge in [0.25, 0.3) is 11.6 Å². The van der Waals surface area contributed by atoms with E-state index in [1.54, 1.807) is 18.2 Å². The van der Waals surface area contributed by atoms with Crippen molar-refractivity contribution in [3.63, 3.8) is 0 Å². The van der Waals surface area contributed by atoms with Gasteiger partial charge in [-0.2, -0.15) is 5.26 Å². The average molecular weight is 381 g/mol. The first-order chi connectivity index (χ1) is 13.3. The molecule has 0 bridgehead atoms. The number of nitro groups is 1. The number of anilines is 1. The second kappa shape index (κ2) is 9.19. The van der Waals surface area contributed by atoms with Crippen molar-refractivity contribution in [1.82, 2.24) is 0 Å². The Hall–Kier alpha value is -3.86. The molecule has 2 aromatic carbocycles. The van der Waals surface area contributed by atoms with Crippen molar-refractivity contribution in [3.05, 3.63) is 63.7 Å². The lowest BCUT2D eigenvalue weighted by molar-refractivity contribution is -0.384. The van der Waals surface area contributed by atoms with Crippen LogP contribution in [0.25, 0.3) is 6.08 Å². The number of carbonyl (C=O) groups is 1. The van der Waals surface area contributed by atoms with Gasteiger partial charge in [-0.05, 0) is 43.7 Å². The van der Waals surface area contributed by atoms with Crippen LogP contribution in [-0.2, 0) is 4.79 Å². The number of hydrogen-bond acceptors (Lipinski definition) is 6. The van der Waals surface area contributed by atoms with E-state index in [2.05, 4.69) is 5.32 Å². The van der Waals surface area contributed by atoms with Crippen LogP contribution in [0.3, 0.4) is 0 Å². The molecule has 0 spiro atoms. The molecule has 144 valence electrons. The summed E-state index contributed by atoms with van der Waals surface area (Å²) in [5, 5.41) is 22.7. The first-order valence-corrected chi connectivity index (χ1v) is 8.36. The van der Waals surface area contributed by atoms with Gasteiger partial charge >= 0.3 is 0 Å². The number of methoxy groups -OCH3 is 1. The lowest BCUT2D eigenvalue weighted by atomic mass is 10.1. The molecule has 0 heterocycles. The van der Waals surface area contributed by atoms with Gasteiger partial charge in [-0.3, -0.25) is 14.9 Å². The van der Waals surface area contributed by atoms with E-state index in [0.717, 1.165) is 0 Å². The molecule has 2 rings (SSSR count). The topological polar surface area (TPSA) is 114 Å². The van der Waals surface area contributed by atoms with Crippen LogP contribution in [0.4, 0.5) is 11.4 Å². The molecule has 0 aliphatic carbocycles. The largest absolute Gasteiger partial charge is 0.493 e. The molecule has 0 saturated heterocycles. The van der Waals surface area contributed by atoms with E-state index in [4.69, 9.17) is 9.47 Å². The fraction of sp³-hybridized carbons (Fsp3) is 0.200. The van der Waals surface area contributed by atoms with E-state index >= 15 is 0 Å². The Balaban J connectivity index is 2.25. The quantitative estimate of drug-likeness (QED) is 0.336. The maximum atomic E-state index is 12.4. The minimum Gasteiger partial charge on any atom is -0.493 e. The number of hydrogen-bond donors (Lipinski definition) is 1. The van der Waals surface area contributed by atoms with Crippen LogP contribution in [0.2, 0.25) is 0 Å². The summed E-state index contributed by atoms with van der Waals surface area (Å²) in [7, 11) is 1.50. The lowest BCUT2D eigenvalue weighted by Crippen LogP contribution is -2.13. The maximum absolute atomic E-state index is 12.4. The molecule has 2 aromatic rings. The van der Waals surface area contributed by atoms with E-state index in [-0.39, 0.29) is 23.1 Å². The number of benzene rings is 2. The third-order valence-corrected chi connectivity index (χ3v) is 3.54. The summed E-state index contributed by atoms with van der Waals surface area (Å²) in [5.41, 5.74) is 0.467. The highest BCUT2D eigenvalue weighted by molar-refractivity contribution is 6.09. The number of nitro benzene ring substituents is 1. The number of nitrogens with one attached hydrogen (secondary N) is 1. The fourth-order valence-corrected chi connectivity index (χ4v) is 2.34. The minimum absolute atomic E-state index is 0.0364. The summed E-state index contributed by atoms with van der Waals surface area (Å²) in [6, 6.07) is 12.3. The lowest BCUT2D eigenvalue weighted by Gasteiger charge is -2.13. The van der Waals surface area contributed by atoms with Crippen LogP contribution in [-0.4, -0.2) is 24.0 Å². The molecular weight excluding hydrogens is 362 g/mol. The Morgan fingerprint density at radius 3 is 2.61 bits per heavy atom. The van der Waals surface area contributed by atoms with Crippen LogP contribution in [0.1, 0.15) is 19.4 Å². The van der Waals surface area contributed by atoms with E-state index in [1.807, 2.05) is 19.9 Å². The van der Waals surface area contributed by atoms with Crippen molar-refractivity contribution in [2.24, 2.45) is 0 Å². The molecule has 0 saturated carbocycles. The van der Waals surface area contributed by atoms with Gasteiger partial charge in [-0.15, -0.1) is 0 Å². The Kier molecular flexibility index (Phi) is 6.71. The zero-order chi connectivity index (χ0) is 20.7. The summed E-state index contributed by atoms with van der Waals surface area (Å²) in [6.45, 7) is 3.78. The fourth-order valence-electron chi connectivity index (χ4n) is 2.34. The summed E-state index contributed by atoms with van der Waals surface area (Å²) in [4.78, 5) is 22.6. The van der Waals surface area contributed by atoms with E-state index < -0.39 is 10.8 Å². The van der Waals surface area contributed by atoms with Crippen molar-refractivity contribution in [2.45, 2.75) is 20.0 Å². The van der Waals surface area contributed by atoms with Gasteiger partial charge < -0.3 is 14.8 Å². The number of carbonyl (C=O) groups excluding carboxylic acids is 1. The van der Waals surface area contributed by atoms with Gasteiger partial charge in [0.1, 0.15) is 11.6 Å². The molecule has 8 nitrogen and oxygen atoms in total. The number of ether oxygens (including phenoxy) is 2. The van der Waals surface area contributed by atoms with E-state index in [1.165, 1.54) is 37.5 Å². The van der Waals surface area contributed by atoms with Crippen molar-refractivity contribution in [2.75, 3.05) is 12.4 Å². The Labute approximate surface area is 162 Å². The smallest absolute Gasteiger partial charge is 0.271 e. The number of rotatable bonds is 7. The zero-order valence-electron chi connectivity index (χ0n) is 15.6. The summed E-state index contributed by atoms with van der Waals surface area (Å²) < 4.78 is 10.9. The maximum Gasteiger partial charge on any atom is 0.271 e. The molecule has 0 aliphatic heterocycles. The molecular formula is C20H19N3O5. The van der Waals surface area contributed by atoms with Gasteiger partial charge in [-0.1, -0.05) is 12.1 Å². The highest BCUT2D eigenvalue weighted by Gasteiger charge is 2.13. The van der Waals surface area contributed by atoms with Crippen LogP contribution >= 0.6 is 0 Å². The number of amides is 1. The SMILES string of the molecule is COc1cc(/C=C(\C#N)C(=O)Nc2cccc([N+](=O)[O-])c2)ccc1OC(C)C. The minimum atomic E-state index is -0.676. The average Bonchev–Trinajstić information content (AvgIpc) is 2.66. The van der Waals surface area contributed by atoms with Gasteiger partial charge in [0.05, 0.1) is 18.1 Å². The highest BCUT2D eigenvalue weighted by atomic mass is 16.6. The van der Waals surface area contributed by atoms with Crippen LogP contribution in [0, 0.1) is 21.4 Å². The monoisotopic (exact) mass is 381 g/mol. The number of nitrogens with zero attached hydrogens (tertiary/aromatic N) is 2. The van der Waals surface area contributed by atoms with Gasteiger partial charge in [0.2, 0.25) is 0 Å². The molecule has 0 aliphatic rings. The van der Waals surface area contributed by atoms with E-state index in [9.17, 15) is 20.2 Å². The normalized spacial score (nSPS) is 10.9. The summed E-state index contributed by atoms with van der Waals surface area (Å²) >= 11 is 0. The molecule has 0 aromatic heterocycles. The number of non-ortho nitro benzene ring substituents is 1. The van der Waals surface area contributed by atoms with E-state index in [0.29, 0.717) is 17.1 Å². The Bertz CT molecular complexity index is 961. The van der Waals surface area contributed by atoms with Crippen molar-refractivity contribution < 1.29 is 19.2 Å². The highest BCUT2D eigenvalue weighted by Crippen LogP contribution is 2.30. The van der Waals surface area contributed by atoms with Gasteiger partial charge in [-0.25, -0.2) is 0 Å².